The van der Waals surface area contributed by atoms with Crippen LogP contribution in [0.15, 0.2) is 41.3 Å². The summed E-state index contributed by atoms with van der Waals surface area (Å²) >= 11 is 2.00. The normalized spacial score (nSPS) is 17.6. The van der Waals surface area contributed by atoms with E-state index in [-0.39, 0.29) is 0 Å². The second kappa shape index (κ2) is 5.29. The highest BCUT2D eigenvalue weighted by Crippen LogP contribution is 2.46. The average molecular weight is 282 g/mol. The van der Waals surface area contributed by atoms with Crippen molar-refractivity contribution in [1.82, 2.24) is 0 Å². The van der Waals surface area contributed by atoms with Crippen LogP contribution in [0.1, 0.15) is 47.6 Å². The first-order chi connectivity index (χ1) is 9.59. The van der Waals surface area contributed by atoms with Gasteiger partial charge in [0.2, 0.25) is 0 Å². The molecule has 1 aliphatic heterocycles. The lowest BCUT2D eigenvalue weighted by Crippen LogP contribution is -2.13. The van der Waals surface area contributed by atoms with Gasteiger partial charge in [-0.3, -0.25) is 0 Å². The first kappa shape index (κ1) is 13.8. The molecular formula is C19H22S. The van der Waals surface area contributed by atoms with Gasteiger partial charge in [0.05, 0.1) is 0 Å². The van der Waals surface area contributed by atoms with Crippen LogP contribution in [-0.2, 0) is 5.75 Å². The molecule has 1 heteroatoms. The fourth-order valence-electron chi connectivity index (χ4n) is 3.46. The van der Waals surface area contributed by atoms with Gasteiger partial charge in [0, 0.05) is 16.6 Å². The second-order valence-corrected chi connectivity index (χ2v) is 7.16. The summed E-state index contributed by atoms with van der Waals surface area (Å²) in [4.78, 5) is 1.47. The fraction of sp³-hybridized carbons (Fsp3) is 0.368. The third-order valence-electron chi connectivity index (χ3n) is 4.37. The minimum Gasteiger partial charge on any atom is -0.121 e. The second-order valence-electron chi connectivity index (χ2n) is 6.14. The lowest BCUT2D eigenvalue weighted by atomic mass is 9.77. The molecular weight excluding hydrogens is 260 g/mol. The van der Waals surface area contributed by atoms with Gasteiger partial charge in [-0.05, 0) is 53.6 Å². The van der Waals surface area contributed by atoms with E-state index in [0.29, 0.717) is 11.8 Å². The third-order valence-corrected chi connectivity index (χ3v) is 5.49. The number of hydrogen-bond acceptors (Lipinski definition) is 1. The zero-order valence-electron chi connectivity index (χ0n) is 12.7. The molecule has 0 aromatic heterocycles. The Bertz CT molecular complexity index is 587. The van der Waals surface area contributed by atoms with Gasteiger partial charge < -0.3 is 0 Å². The minimum absolute atomic E-state index is 0.525. The first-order valence-electron chi connectivity index (χ1n) is 7.40. The van der Waals surface area contributed by atoms with Crippen LogP contribution in [-0.4, -0.2) is 0 Å². The summed E-state index contributed by atoms with van der Waals surface area (Å²) in [6.07, 6.45) is 0. The van der Waals surface area contributed by atoms with Gasteiger partial charge in [0.1, 0.15) is 0 Å². The quantitative estimate of drug-likeness (QED) is 0.647. The van der Waals surface area contributed by atoms with Gasteiger partial charge in [-0.1, -0.05) is 44.2 Å². The van der Waals surface area contributed by atoms with Crippen molar-refractivity contribution in [2.45, 2.75) is 44.3 Å². The zero-order valence-corrected chi connectivity index (χ0v) is 13.6. The van der Waals surface area contributed by atoms with E-state index in [1.165, 1.54) is 21.6 Å². The van der Waals surface area contributed by atoms with E-state index in [1.54, 1.807) is 11.1 Å². The average Bonchev–Trinajstić information content (AvgIpc) is 2.58. The number of hydrogen-bond donors (Lipinski definition) is 0. The molecule has 0 saturated heterocycles. The monoisotopic (exact) mass is 282 g/mol. The van der Waals surface area contributed by atoms with E-state index >= 15 is 0 Å². The van der Waals surface area contributed by atoms with Crippen molar-refractivity contribution in [3.05, 3.63) is 64.2 Å². The molecule has 0 amide bonds. The van der Waals surface area contributed by atoms with Crippen LogP contribution in [0.4, 0.5) is 0 Å². The Morgan fingerprint density at radius 3 is 2.30 bits per heavy atom. The molecule has 0 nitrogen and oxygen atoms in total. The Labute approximate surface area is 126 Å². The Hall–Kier alpha value is -1.21. The first-order valence-corrected chi connectivity index (χ1v) is 8.39. The summed E-state index contributed by atoms with van der Waals surface area (Å²) in [6.45, 7) is 9.24. The fourth-order valence-corrected chi connectivity index (χ4v) is 4.64. The molecule has 2 aromatic carbocycles. The largest absolute Gasteiger partial charge is 0.121 e. The molecule has 0 saturated carbocycles. The smallest absolute Gasteiger partial charge is 0.0235 e. The maximum atomic E-state index is 2.35. The van der Waals surface area contributed by atoms with Crippen molar-refractivity contribution in [2.24, 2.45) is 5.92 Å². The van der Waals surface area contributed by atoms with Crippen molar-refractivity contribution in [2.75, 3.05) is 0 Å². The number of benzene rings is 2. The predicted octanol–water partition coefficient (Wildman–Crippen LogP) is 5.70. The minimum atomic E-state index is 0.525. The van der Waals surface area contributed by atoms with Crippen LogP contribution in [0.2, 0.25) is 0 Å². The predicted molar refractivity (Wildman–Crippen MR) is 88.6 cm³/mol. The zero-order chi connectivity index (χ0) is 14.3. The van der Waals surface area contributed by atoms with Gasteiger partial charge in [0.25, 0.3) is 0 Å². The molecule has 0 N–H and O–H groups in total. The highest BCUT2D eigenvalue weighted by Gasteiger charge is 2.28. The Morgan fingerprint density at radius 2 is 1.60 bits per heavy atom. The highest BCUT2D eigenvalue weighted by atomic mass is 32.2. The molecule has 1 heterocycles. The Morgan fingerprint density at radius 1 is 0.950 bits per heavy atom. The van der Waals surface area contributed by atoms with Crippen molar-refractivity contribution in [3.63, 3.8) is 0 Å². The van der Waals surface area contributed by atoms with E-state index in [1.807, 2.05) is 11.8 Å². The molecule has 0 fully saturated rings. The molecule has 0 aliphatic carbocycles. The Balaban J connectivity index is 2.31. The van der Waals surface area contributed by atoms with Crippen molar-refractivity contribution >= 4 is 11.8 Å². The highest BCUT2D eigenvalue weighted by molar-refractivity contribution is 7.98. The molecule has 20 heavy (non-hydrogen) atoms. The van der Waals surface area contributed by atoms with Crippen molar-refractivity contribution in [3.8, 4) is 0 Å². The third kappa shape index (κ3) is 2.18. The summed E-state index contributed by atoms with van der Waals surface area (Å²) in [7, 11) is 0. The van der Waals surface area contributed by atoms with Gasteiger partial charge in [-0.25, -0.2) is 0 Å². The molecule has 0 radical (unpaired) electrons. The van der Waals surface area contributed by atoms with Gasteiger partial charge >= 0.3 is 0 Å². The van der Waals surface area contributed by atoms with Crippen molar-refractivity contribution in [1.29, 1.82) is 0 Å². The summed E-state index contributed by atoms with van der Waals surface area (Å²) in [5, 5.41) is 0. The Kier molecular flexibility index (Phi) is 3.64. The number of fused-ring (bicyclic) bond motifs is 2. The number of rotatable bonds is 1. The van der Waals surface area contributed by atoms with Gasteiger partial charge in [0.15, 0.2) is 0 Å². The van der Waals surface area contributed by atoms with Crippen LogP contribution < -0.4 is 0 Å². The molecule has 0 spiro atoms. The SMILES string of the molecule is Cc1cccc2c1C(C(C)C)c1c(C)cccc1SC2. The van der Waals surface area contributed by atoms with Crippen LogP contribution in [0.5, 0.6) is 0 Å². The lowest BCUT2D eigenvalue weighted by molar-refractivity contribution is 0.551. The van der Waals surface area contributed by atoms with Crippen LogP contribution in [0, 0.1) is 19.8 Å². The molecule has 0 bridgehead atoms. The maximum absolute atomic E-state index is 2.35. The standard InChI is InChI=1S/C19H22S/c1-12(2)17-18-13(3)7-5-9-15(18)11-20-16-10-6-8-14(4)19(16)17/h5-10,12,17H,11H2,1-4H3. The van der Waals surface area contributed by atoms with Crippen LogP contribution in [0.25, 0.3) is 0 Å². The van der Waals surface area contributed by atoms with E-state index < -0.39 is 0 Å². The van der Waals surface area contributed by atoms with Gasteiger partial charge in [-0.15, -0.1) is 11.8 Å². The van der Waals surface area contributed by atoms with E-state index in [4.69, 9.17) is 0 Å². The lowest BCUT2D eigenvalue weighted by Gasteiger charge is -2.27. The topological polar surface area (TPSA) is 0 Å². The molecule has 1 unspecified atom stereocenters. The molecule has 2 aromatic rings. The molecule has 104 valence electrons. The summed E-state index contributed by atoms with van der Waals surface area (Å²) in [5.74, 6) is 2.24. The van der Waals surface area contributed by atoms with Crippen LogP contribution >= 0.6 is 11.8 Å². The van der Waals surface area contributed by atoms with Gasteiger partial charge in [-0.2, -0.15) is 0 Å². The molecule has 1 aliphatic rings. The number of aryl methyl sites for hydroxylation is 2. The molecule has 3 rings (SSSR count). The van der Waals surface area contributed by atoms with E-state index in [0.717, 1.165) is 5.75 Å². The van der Waals surface area contributed by atoms with E-state index in [2.05, 4.69) is 64.1 Å². The molecule has 1 atom stereocenters. The van der Waals surface area contributed by atoms with Crippen molar-refractivity contribution < 1.29 is 0 Å². The number of thioether (sulfide) groups is 1. The summed E-state index contributed by atoms with van der Waals surface area (Å²) < 4.78 is 0. The summed E-state index contributed by atoms with van der Waals surface area (Å²) in [6, 6.07) is 13.5. The maximum Gasteiger partial charge on any atom is 0.0235 e. The van der Waals surface area contributed by atoms with Crippen LogP contribution in [0.3, 0.4) is 0 Å². The van der Waals surface area contributed by atoms with E-state index in [9.17, 15) is 0 Å². The summed E-state index contributed by atoms with van der Waals surface area (Å²) in [5.41, 5.74) is 7.52.